The monoisotopic (exact) mass is 287 g/mol. The average Bonchev–Trinajstić information content (AvgIpc) is 3.04. The largest absolute Gasteiger partial charge is 0.325 e. The van der Waals surface area contributed by atoms with Crippen LogP contribution in [0.5, 0.6) is 0 Å². The first-order chi connectivity index (χ1) is 9.74. The lowest BCUT2D eigenvalue weighted by atomic mass is 10.3. The van der Waals surface area contributed by atoms with Crippen LogP contribution in [0.1, 0.15) is 10.7 Å². The Labute approximate surface area is 119 Å². The Morgan fingerprint density at radius 3 is 2.95 bits per heavy atom. The fourth-order valence-corrected chi connectivity index (χ4v) is 2.91. The highest BCUT2D eigenvalue weighted by Crippen LogP contribution is 2.21. The van der Waals surface area contributed by atoms with Crippen molar-refractivity contribution in [2.24, 2.45) is 5.73 Å². The lowest BCUT2D eigenvalue weighted by Crippen LogP contribution is -2.13. The highest BCUT2D eigenvalue weighted by Gasteiger charge is 2.10. The minimum absolute atomic E-state index is 0.0533. The van der Waals surface area contributed by atoms with Crippen LogP contribution in [-0.2, 0) is 24.3 Å². The fourth-order valence-electron chi connectivity index (χ4n) is 1.91. The summed E-state index contributed by atoms with van der Waals surface area (Å²) in [4.78, 5) is 16.5. The zero-order valence-electron chi connectivity index (χ0n) is 10.7. The molecule has 0 radical (unpaired) electrons. The van der Waals surface area contributed by atoms with Crippen molar-refractivity contribution in [3.8, 4) is 0 Å². The van der Waals surface area contributed by atoms with Gasteiger partial charge in [0.1, 0.15) is 11.6 Å². The Bertz CT molecular complexity index is 715. The van der Waals surface area contributed by atoms with Crippen LogP contribution in [0.2, 0.25) is 0 Å². The normalized spacial score (nSPS) is 11.1. The molecule has 0 bridgehead atoms. The minimum atomic E-state index is 0.0533. The molecule has 20 heavy (non-hydrogen) atoms. The maximum Gasteiger partial charge on any atom is 0.161 e. The topological polar surface area (TPSA) is 86.7 Å². The fraction of sp³-hybridized carbons (Fsp3) is 0.231. The van der Waals surface area contributed by atoms with E-state index >= 15 is 0 Å². The summed E-state index contributed by atoms with van der Waals surface area (Å²) in [6.45, 7) is 0.523. The van der Waals surface area contributed by atoms with E-state index in [9.17, 15) is 4.79 Å². The summed E-state index contributed by atoms with van der Waals surface area (Å²) >= 11 is 1.55. The van der Waals surface area contributed by atoms with E-state index in [0.29, 0.717) is 18.7 Å². The van der Waals surface area contributed by atoms with Crippen LogP contribution >= 0.6 is 11.3 Å². The van der Waals surface area contributed by atoms with Crippen molar-refractivity contribution in [3.05, 3.63) is 41.2 Å². The molecule has 2 heterocycles. The summed E-state index contributed by atoms with van der Waals surface area (Å²) in [6.07, 6.45) is 2.01. The maximum absolute atomic E-state index is 12.0. The molecule has 2 aromatic heterocycles. The third-order valence-corrected chi connectivity index (χ3v) is 3.86. The van der Waals surface area contributed by atoms with Crippen LogP contribution in [0.15, 0.2) is 30.5 Å². The zero-order chi connectivity index (χ0) is 13.9. The number of aromatic nitrogens is 4. The van der Waals surface area contributed by atoms with Gasteiger partial charge >= 0.3 is 0 Å². The van der Waals surface area contributed by atoms with Gasteiger partial charge in [-0.15, -0.1) is 16.4 Å². The molecule has 6 nitrogen and oxygen atoms in total. The van der Waals surface area contributed by atoms with Crippen LogP contribution < -0.4 is 5.73 Å². The molecule has 0 fully saturated rings. The van der Waals surface area contributed by atoms with Gasteiger partial charge in [-0.3, -0.25) is 4.79 Å². The molecule has 0 amide bonds. The molecule has 7 heteroatoms. The third kappa shape index (κ3) is 2.73. The summed E-state index contributed by atoms with van der Waals surface area (Å²) in [5.41, 5.74) is 7.07. The average molecular weight is 287 g/mol. The van der Waals surface area contributed by atoms with Crippen molar-refractivity contribution in [1.82, 2.24) is 20.0 Å². The third-order valence-electron chi connectivity index (χ3n) is 2.82. The number of carbonyl (C=O) groups is 1. The smallest absolute Gasteiger partial charge is 0.161 e. The van der Waals surface area contributed by atoms with E-state index in [2.05, 4.69) is 15.3 Å². The quantitative estimate of drug-likeness (QED) is 0.761. The van der Waals surface area contributed by atoms with E-state index in [4.69, 9.17) is 5.73 Å². The number of ketones is 1. The highest BCUT2D eigenvalue weighted by molar-refractivity contribution is 7.18. The Kier molecular flexibility index (Phi) is 3.53. The predicted molar refractivity (Wildman–Crippen MR) is 76.2 cm³/mol. The number of fused-ring (bicyclic) bond motifs is 1. The number of thiazole rings is 1. The first-order valence-electron chi connectivity index (χ1n) is 6.20. The second kappa shape index (κ2) is 5.48. The van der Waals surface area contributed by atoms with Gasteiger partial charge in [-0.1, -0.05) is 17.3 Å². The van der Waals surface area contributed by atoms with Crippen molar-refractivity contribution >= 4 is 27.3 Å². The molecule has 0 saturated carbocycles. The Balaban J connectivity index is 1.69. The van der Waals surface area contributed by atoms with Gasteiger partial charge in [0.2, 0.25) is 0 Å². The zero-order valence-corrected chi connectivity index (χ0v) is 11.5. The van der Waals surface area contributed by atoms with E-state index in [-0.39, 0.29) is 12.3 Å². The maximum atomic E-state index is 12.0. The van der Waals surface area contributed by atoms with Gasteiger partial charge in [0.25, 0.3) is 0 Å². The number of nitrogens with two attached hydrogens (primary N) is 1. The van der Waals surface area contributed by atoms with E-state index in [1.54, 1.807) is 17.5 Å². The van der Waals surface area contributed by atoms with Gasteiger partial charge in [0, 0.05) is 6.54 Å². The standard InChI is InChI=1S/C13H13N5OS/c14-6-9-7-18(17-16-9)8-10(19)5-13-15-11-3-1-2-4-12(11)20-13/h1-4,7H,5-6,8,14H2. The first-order valence-corrected chi connectivity index (χ1v) is 7.01. The second-order valence-corrected chi connectivity index (χ2v) is 5.52. The van der Waals surface area contributed by atoms with E-state index in [1.165, 1.54) is 4.68 Å². The SMILES string of the molecule is NCc1cn(CC(=O)Cc2nc3ccccc3s2)nn1. The molecule has 0 aliphatic rings. The van der Waals surface area contributed by atoms with E-state index in [1.807, 2.05) is 24.3 Å². The summed E-state index contributed by atoms with van der Waals surface area (Å²) in [6, 6.07) is 7.87. The molecule has 3 aromatic rings. The molecule has 0 saturated heterocycles. The molecule has 0 aliphatic heterocycles. The van der Waals surface area contributed by atoms with Gasteiger partial charge in [0.05, 0.1) is 28.5 Å². The highest BCUT2D eigenvalue weighted by atomic mass is 32.1. The molecule has 0 spiro atoms. The van der Waals surface area contributed by atoms with Crippen molar-refractivity contribution in [3.63, 3.8) is 0 Å². The Morgan fingerprint density at radius 2 is 2.20 bits per heavy atom. The van der Waals surface area contributed by atoms with Crippen LogP contribution in [0.3, 0.4) is 0 Å². The number of hydrogen-bond donors (Lipinski definition) is 1. The lowest BCUT2D eigenvalue weighted by molar-refractivity contribution is -0.119. The molecule has 102 valence electrons. The minimum Gasteiger partial charge on any atom is -0.325 e. The number of Topliss-reactive ketones (excluding diaryl/α,β-unsaturated/α-hetero) is 1. The summed E-state index contributed by atoms with van der Waals surface area (Å²) < 4.78 is 2.61. The number of para-hydroxylation sites is 1. The van der Waals surface area contributed by atoms with Gasteiger partial charge in [-0.25, -0.2) is 9.67 Å². The summed E-state index contributed by atoms with van der Waals surface area (Å²) in [7, 11) is 0. The number of hydrogen-bond acceptors (Lipinski definition) is 6. The van der Waals surface area contributed by atoms with Crippen molar-refractivity contribution in [1.29, 1.82) is 0 Å². The molecule has 2 N–H and O–H groups in total. The number of rotatable bonds is 5. The molecule has 0 aliphatic carbocycles. The molecule has 0 atom stereocenters. The van der Waals surface area contributed by atoms with Crippen molar-refractivity contribution < 1.29 is 4.79 Å². The molecular weight excluding hydrogens is 274 g/mol. The Morgan fingerprint density at radius 1 is 1.35 bits per heavy atom. The first kappa shape index (κ1) is 12.9. The van der Waals surface area contributed by atoms with Gasteiger partial charge in [0.15, 0.2) is 5.78 Å². The number of carbonyl (C=O) groups excluding carboxylic acids is 1. The lowest BCUT2D eigenvalue weighted by Gasteiger charge is -1.97. The molecular formula is C13H13N5OS. The van der Waals surface area contributed by atoms with Crippen LogP contribution in [0.4, 0.5) is 0 Å². The van der Waals surface area contributed by atoms with Crippen molar-refractivity contribution in [2.45, 2.75) is 19.5 Å². The van der Waals surface area contributed by atoms with Gasteiger partial charge in [-0.2, -0.15) is 0 Å². The van der Waals surface area contributed by atoms with E-state index < -0.39 is 0 Å². The van der Waals surface area contributed by atoms with Crippen molar-refractivity contribution in [2.75, 3.05) is 0 Å². The number of benzene rings is 1. The molecule has 1 aromatic carbocycles. The van der Waals surface area contributed by atoms with Crippen LogP contribution in [-0.4, -0.2) is 25.8 Å². The van der Waals surface area contributed by atoms with E-state index in [0.717, 1.165) is 15.2 Å². The molecule has 0 unspecified atom stereocenters. The molecule has 3 rings (SSSR count). The Hall–Kier alpha value is -2.12. The van der Waals surface area contributed by atoms with Crippen LogP contribution in [0.25, 0.3) is 10.2 Å². The predicted octanol–water partition coefficient (Wildman–Crippen LogP) is 1.16. The van der Waals surface area contributed by atoms with Crippen LogP contribution in [0, 0.1) is 0 Å². The summed E-state index contributed by atoms with van der Waals surface area (Å²) in [5.74, 6) is 0.0533. The summed E-state index contributed by atoms with van der Waals surface area (Å²) in [5, 5.41) is 8.54. The number of nitrogens with zero attached hydrogens (tertiary/aromatic N) is 4. The van der Waals surface area contributed by atoms with Gasteiger partial charge < -0.3 is 5.73 Å². The second-order valence-electron chi connectivity index (χ2n) is 4.40. The van der Waals surface area contributed by atoms with Gasteiger partial charge in [-0.05, 0) is 12.1 Å².